The molecule has 4 N–H and O–H groups in total. The first kappa shape index (κ1) is 24.3. The number of hydrogen-bond acceptors (Lipinski definition) is 6. The summed E-state index contributed by atoms with van der Waals surface area (Å²) in [5.41, 5.74) is 8.56. The lowest BCUT2D eigenvalue weighted by Crippen LogP contribution is -2.25. The molecule has 190 valence electrons. The van der Waals surface area contributed by atoms with Crippen LogP contribution in [0.3, 0.4) is 0 Å². The van der Waals surface area contributed by atoms with E-state index in [-0.39, 0.29) is 13.2 Å². The highest BCUT2D eigenvalue weighted by molar-refractivity contribution is 5.90. The summed E-state index contributed by atoms with van der Waals surface area (Å²) in [6, 6.07) is 22.2. The van der Waals surface area contributed by atoms with E-state index in [4.69, 9.17) is 9.47 Å². The Morgan fingerprint density at radius 1 is 0.658 bits per heavy atom. The van der Waals surface area contributed by atoms with Crippen molar-refractivity contribution < 1.29 is 19.1 Å². The molecule has 0 saturated heterocycles. The van der Waals surface area contributed by atoms with Crippen LogP contribution in [0.2, 0.25) is 0 Å². The highest BCUT2D eigenvalue weighted by Gasteiger charge is 2.05. The molecule has 3 aromatic carbocycles. The van der Waals surface area contributed by atoms with Gasteiger partial charge in [0, 0.05) is 23.4 Å². The Bertz CT molecular complexity index is 1500. The topological polar surface area (TPSA) is 133 Å². The molecule has 2 aromatic heterocycles. The number of carbonyl (C=O) groups is 2. The van der Waals surface area contributed by atoms with E-state index in [0.29, 0.717) is 11.5 Å². The Kier molecular flexibility index (Phi) is 7.40. The molecule has 0 radical (unpaired) electrons. The summed E-state index contributed by atoms with van der Waals surface area (Å²) in [5, 5.41) is 10.1. The molecule has 10 heteroatoms. The number of rotatable bonds is 10. The van der Waals surface area contributed by atoms with Gasteiger partial charge in [-0.15, -0.1) is 0 Å². The van der Waals surface area contributed by atoms with E-state index in [1.165, 1.54) is 0 Å². The number of amides is 2. The van der Waals surface area contributed by atoms with E-state index in [9.17, 15) is 9.59 Å². The summed E-state index contributed by atoms with van der Waals surface area (Å²) < 4.78 is 10.9. The van der Waals surface area contributed by atoms with Gasteiger partial charge in [-0.2, -0.15) is 10.2 Å². The van der Waals surface area contributed by atoms with Gasteiger partial charge in [-0.05, 0) is 70.4 Å². The maximum absolute atomic E-state index is 12.0. The third kappa shape index (κ3) is 6.43. The Balaban J connectivity index is 1.01. The van der Waals surface area contributed by atoms with Crippen LogP contribution in [-0.2, 0) is 9.59 Å². The van der Waals surface area contributed by atoms with Gasteiger partial charge in [0.15, 0.2) is 13.2 Å². The van der Waals surface area contributed by atoms with Crippen molar-refractivity contribution in [2.45, 2.75) is 0 Å². The van der Waals surface area contributed by atoms with Gasteiger partial charge in [0.05, 0.1) is 12.4 Å². The lowest BCUT2D eigenvalue weighted by molar-refractivity contribution is -0.123. The maximum Gasteiger partial charge on any atom is 0.277 e. The minimum atomic E-state index is -0.396. The molecule has 2 amide bonds. The summed E-state index contributed by atoms with van der Waals surface area (Å²) >= 11 is 0. The van der Waals surface area contributed by atoms with Crippen molar-refractivity contribution in [2.24, 2.45) is 10.2 Å². The molecular weight excluding hydrogens is 484 g/mol. The van der Waals surface area contributed by atoms with Crippen LogP contribution in [0.15, 0.2) is 95.4 Å². The van der Waals surface area contributed by atoms with Crippen LogP contribution in [-0.4, -0.2) is 47.4 Å². The number of fused-ring (bicyclic) bond motifs is 2. The molecule has 38 heavy (non-hydrogen) atoms. The fraction of sp³-hybridized carbons (Fsp3) is 0.0714. The van der Waals surface area contributed by atoms with Gasteiger partial charge < -0.3 is 19.4 Å². The average Bonchev–Trinajstić information content (AvgIpc) is 3.60. The number of aromatic amines is 2. The maximum atomic E-state index is 12.0. The van der Waals surface area contributed by atoms with E-state index in [1.54, 1.807) is 36.7 Å². The van der Waals surface area contributed by atoms with Crippen LogP contribution in [0.25, 0.3) is 21.8 Å². The van der Waals surface area contributed by atoms with Crippen molar-refractivity contribution in [3.05, 3.63) is 96.3 Å². The van der Waals surface area contributed by atoms with Crippen molar-refractivity contribution in [1.29, 1.82) is 0 Å². The van der Waals surface area contributed by atoms with Crippen molar-refractivity contribution >= 4 is 46.0 Å². The van der Waals surface area contributed by atoms with Crippen LogP contribution in [0.4, 0.5) is 0 Å². The van der Waals surface area contributed by atoms with E-state index in [2.05, 4.69) is 31.0 Å². The fourth-order valence-electron chi connectivity index (χ4n) is 3.64. The Morgan fingerprint density at radius 2 is 1.11 bits per heavy atom. The molecule has 5 aromatic rings. The molecule has 0 unspecified atom stereocenters. The Labute approximate surface area is 217 Å². The van der Waals surface area contributed by atoms with E-state index < -0.39 is 11.8 Å². The monoisotopic (exact) mass is 508 g/mol. The molecule has 0 bridgehead atoms. The second-order valence-corrected chi connectivity index (χ2v) is 8.28. The minimum Gasteiger partial charge on any atom is -0.484 e. The first-order chi connectivity index (χ1) is 18.6. The normalized spacial score (nSPS) is 11.4. The molecule has 0 spiro atoms. The number of H-pyrrole nitrogens is 2. The Morgan fingerprint density at radius 3 is 1.55 bits per heavy atom. The van der Waals surface area contributed by atoms with E-state index in [0.717, 1.165) is 32.9 Å². The van der Waals surface area contributed by atoms with Gasteiger partial charge in [0.2, 0.25) is 0 Å². The summed E-state index contributed by atoms with van der Waals surface area (Å²) in [6.45, 7) is -0.408. The highest BCUT2D eigenvalue weighted by atomic mass is 16.5. The zero-order valence-electron chi connectivity index (χ0n) is 20.2. The number of hydrogen-bond donors (Lipinski definition) is 4. The fourth-order valence-corrected chi connectivity index (χ4v) is 3.64. The van der Waals surface area contributed by atoms with Crippen LogP contribution < -0.4 is 20.3 Å². The van der Waals surface area contributed by atoms with Gasteiger partial charge in [0.25, 0.3) is 11.8 Å². The summed E-state index contributed by atoms with van der Waals surface area (Å²) in [5.74, 6) is 0.156. The molecule has 10 nitrogen and oxygen atoms in total. The SMILES string of the molecule is O=C(COc1ccc(OCC(=O)NN=Cc2ccc3cc[nH]c3c2)cc1)NN=Cc1ccc2cc[nH]c2c1. The molecule has 0 saturated carbocycles. The highest BCUT2D eigenvalue weighted by Crippen LogP contribution is 2.17. The molecule has 0 aliphatic carbocycles. The van der Waals surface area contributed by atoms with Crippen LogP contribution in [0, 0.1) is 0 Å². The number of hydrazone groups is 2. The second-order valence-electron chi connectivity index (χ2n) is 8.28. The zero-order valence-corrected chi connectivity index (χ0v) is 20.2. The van der Waals surface area contributed by atoms with Crippen LogP contribution >= 0.6 is 0 Å². The summed E-state index contributed by atoms with van der Waals surface area (Å²) in [6.07, 6.45) is 6.86. The van der Waals surface area contributed by atoms with Gasteiger partial charge in [-0.3, -0.25) is 9.59 Å². The molecule has 2 heterocycles. The second kappa shape index (κ2) is 11.6. The number of benzene rings is 3. The van der Waals surface area contributed by atoms with Crippen molar-refractivity contribution in [1.82, 2.24) is 20.8 Å². The summed E-state index contributed by atoms with van der Waals surface area (Å²) in [7, 11) is 0. The van der Waals surface area contributed by atoms with E-state index >= 15 is 0 Å². The molecule has 0 aliphatic rings. The number of carbonyl (C=O) groups excluding carboxylic acids is 2. The smallest absolute Gasteiger partial charge is 0.277 e. The largest absolute Gasteiger partial charge is 0.484 e. The standard InChI is InChI=1S/C28H24N6O4/c35-27(33-31-15-19-1-3-21-9-11-29-25(21)13-19)17-37-23-5-7-24(8-6-23)38-18-28(36)34-32-16-20-2-4-22-10-12-30-26(22)14-20/h1-16,29-30H,17-18H2,(H,33,35)(H,34,36). The molecule has 5 rings (SSSR count). The molecule has 0 atom stereocenters. The molecular formula is C28H24N6O4. The van der Waals surface area contributed by atoms with E-state index in [1.807, 2.05) is 60.9 Å². The van der Waals surface area contributed by atoms with Gasteiger partial charge in [-0.1, -0.05) is 24.3 Å². The number of aromatic nitrogens is 2. The summed E-state index contributed by atoms with van der Waals surface area (Å²) in [4.78, 5) is 30.3. The van der Waals surface area contributed by atoms with Crippen LogP contribution in [0.1, 0.15) is 11.1 Å². The lowest BCUT2D eigenvalue weighted by atomic mass is 10.2. The van der Waals surface area contributed by atoms with Gasteiger partial charge in [-0.25, -0.2) is 10.9 Å². The quantitative estimate of drug-likeness (QED) is 0.169. The average molecular weight is 509 g/mol. The predicted molar refractivity (Wildman–Crippen MR) is 146 cm³/mol. The van der Waals surface area contributed by atoms with Crippen LogP contribution in [0.5, 0.6) is 11.5 Å². The first-order valence-corrected chi connectivity index (χ1v) is 11.8. The third-order valence-corrected chi connectivity index (χ3v) is 5.53. The van der Waals surface area contributed by atoms with Crippen molar-refractivity contribution in [3.63, 3.8) is 0 Å². The number of nitrogens with one attached hydrogen (secondary N) is 4. The van der Waals surface area contributed by atoms with Gasteiger partial charge in [0.1, 0.15) is 11.5 Å². The molecule has 0 aliphatic heterocycles. The lowest BCUT2D eigenvalue weighted by Gasteiger charge is -2.08. The zero-order chi connectivity index (χ0) is 26.2. The number of ether oxygens (including phenoxy) is 2. The first-order valence-electron chi connectivity index (χ1n) is 11.8. The Hall–Kier alpha value is -5.38. The van der Waals surface area contributed by atoms with Crippen molar-refractivity contribution in [3.8, 4) is 11.5 Å². The van der Waals surface area contributed by atoms with Crippen molar-refractivity contribution in [2.75, 3.05) is 13.2 Å². The molecule has 0 fully saturated rings. The number of nitrogens with zero attached hydrogens (tertiary/aromatic N) is 2. The minimum absolute atomic E-state index is 0.204. The predicted octanol–water partition coefficient (Wildman–Crippen LogP) is 3.71. The third-order valence-electron chi connectivity index (χ3n) is 5.53. The van der Waals surface area contributed by atoms with Gasteiger partial charge >= 0.3 is 0 Å².